The van der Waals surface area contributed by atoms with Crippen LogP contribution in [0.1, 0.15) is 25.0 Å². The van der Waals surface area contributed by atoms with Crippen molar-refractivity contribution < 1.29 is 0 Å². The summed E-state index contributed by atoms with van der Waals surface area (Å²) in [6.07, 6.45) is 0. The molecule has 9 aromatic carbocycles. The van der Waals surface area contributed by atoms with E-state index in [0.29, 0.717) is 17.5 Å². The maximum Gasteiger partial charge on any atom is 0.164 e. The van der Waals surface area contributed by atoms with Crippen LogP contribution in [0, 0.1) is 0 Å². The van der Waals surface area contributed by atoms with Gasteiger partial charge in [0.1, 0.15) is 0 Å². The predicted molar refractivity (Wildman–Crippen MR) is 248 cm³/mol. The summed E-state index contributed by atoms with van der Waals surface area (Å²) in [5, 5.41) is 7.30. The lowest BCUT2D eigenvalue weighted by Crippen LogP contribution is -2.15. The summed E-state index contributed by atoms with van der Waals surface area (Å²) in [4.78, 5) is 15.9. The number of hydrogen-bond acceptors (Lipinski definition) is 3. The van der Waals surface area contributed by atoms with E-state index < -0.39 is 0 Å². The Labute approximate surface area is 348 Å². The molecule has 0 saturated carbocycles. The fourth-order valence-electron chi connectivity index (χ4n) is 9.71. The predicted octanol–water partition coefficient (Wildman–Crippen LogP) is 14.2. The minimum atomic E-state index is -0.159. The molecule has 4 nitrogen and oxygen atoms in total. The van der Waals surface area contributed by atoms with Crippen LogP contribution in [0.15, 0.2) is 194 Å². The van der Waals surface area contributed by atoms with Crippen molar-refractivity contribution in [2.75, 3.05) is 0 Å². The average Bonchev–Trinajstić information content (AvgIpc) is 3.77. The first kappa shape index (κ1) is 34.4. The first-order valence-corrected chi connectivity index (χ1v) is 20.6. The van der Waals surface area contributed by atoms with Crippen LogP contribution in [-0.2, 0) is 5.41 Å². The van der Waals surface area contributed by atoms with Crippen molar-refractivity contribution in [3.63, 3.8) is 0 Å². The van der Waals surface area contributed by atoms with Crippen LogP contribution >= 0.6 is 0 Å². The minimum absolute atomic E-state index is 0.159. The molecule has 4 heteroatoms. The molecule has 282 valence electrons. The molecule has 0 aliphatic heterocycles. The molecule has 0 saturated heterocycles. The molecule has 0 unspecified atom stereocenters. The third kappa shape index (κ3) is 5.27. The number of benzene rings is 9. The lowest BCUT2D eigenvalue weighted by atomic mass is 9.82. The zero-order valence-corrected chi connectivity index (χ0v) is 33.3. The summed E-state index contributed by atoms with van der Waals surface area (Å²) in [6.45, 7) is 4.63. The van der Waals surface area contributed by atoms with Gasteiger partial charge in [-0.3, -0.25) is 0 Å². The summed E-state index contributed by atoms with van der Waals surface area (Å²) in [5.74, 6) is 1.91. The second kappa shape index (κ2) is 13.2. The quantitative estimate of drug-likeness (QED) is 0.164. The zero-order valence-electron chi connectivity index (χ0n) is 33.3. The molecule has 0 amide bonds. The van der Waals surface area contributed by atoms with Gasteiger partial charge in [-0.25, -0.2) is 15.0 Å². The monoisotopic (exact) mass is 766 g/mol. The van der Waals surface area contributed by atoms with Gasteiger partial charge in [-0.2, -0.15) is 0 Å². The van der Waals surface area contributed by atoms with Gasteiger partial charge in [0.25, 0.3) is 0 Å². The first-order valence-electron chi connectivity index (χ1n) is 20.6. The summed E-state index contributed by atoms with van der Waals surface area (Å²) in [5.41, 5.74) is 13.4. The van der Waals surface area contributed by atoms with Crippen LogP contribution in [0.5, 0.6) is 0 Å². The van der Waals surface area contributed by atoms with E-state index in [4.69, 9.17) is 15.0 Å². The maximum absolute atomic E-state index is 5.38. The van der Waals surface area contributed by atoms with E-state index in [9.17, 15) is 0 Å². The molecule has 2 aromatic heterocycles. The number of para-hydroxylation sites is 2. The van der Waals surface area contributed by atoms with Crippen molar-refractivity contribution in [2.45, 2.75) is 19.3 Å². The first-order chi connectivity index (χ1) is 29.5. The van der Waals surface area contributed by atoms with Crippen molar-refractivity contribution in [1.82, 2.24) is 19.5 Å². The smallest absolute Gasteiger partial charge is 0.164 e. The second-order valence-corrected chi connectivity index (χ2v) is 16.4. The molecule has 0 spiro atoms. The van der Waals surface area contributed by atoms with E-state index in [1.165, 1.54) is 54.6 Å². The Hall–Kier alpha value is -7.69. The maximum atomic E-state index is 5.38. The van der Waals surface area contributed by atoms with Crippen molar-refractivity contribution in [2.24, 2.45) is 0 Å². The van der Waals surface area contributed by atoms with E-state index in [-0.39, 0.29) is 5.41 Å². The molecule has 2 heterocycles. The van der Waals surface area contributed by atoms with Gasteiger partial charge < -0.3 is 4.57 Å². The Bertz CT molecular complexity index is 3470. The van der Waals surface area contributed by atoms with Crippen LogP contribution in [0.2, 0.25) is 0 Å². The van der Waals surface area contributed by atoms with Gasteiger partial charge in [-0.15, -0.1) is 0 Å². The van der Waals surface area contributed by atoms with E-state index in [1.54, 1.807) is 0 Å². The van der Waals surface area contributed by atoms with Gasteiger partial charge in [-0.1, -0.05) is 166 Å². The van der Waals surface area contributed by atoms with Crippen LogP contribution in [0.4, 0.5) is 0 Å². The number of rotatable bonds is 5. The highest BCUT2D eigenvalue weighted by atomic mass is 15.0. The van der Waals surface area contributed by atoms with E-state index >= 15 is 0 Å². The molecule has 0 radical (unpaired) electrons. The number of aromatic nitrogens is 4. The molecule has 1 aliphatic rings. The van der Waals surface area contributed by atoms with Crippen LogP contribution in [0.3, 0.4) is 0 Å². The van der Waals surface area contributed by atoms with Gasteiger partial charge in [0.2, 0.25) is 0 Å². The average molecular weight is 767 g/mol. The fourth-order valence-corrected chi connectivity index (χ4v) is 9.71. The Balaban J connectivity index is 1.14. The van der Waals surface area contributed by atoms with Gasteiger partial charge in [-0.05, 0) is 97.4 Å². The van der Waals surface area contributed by atoms with Crippen LogP contribution in [-0.4, -0.2) is 19.5 Å². The SMILES string of the molecule is CC1(C)c2ccccc2-c2ccc(-c3nc(-c4ccccc4)nc(-c4cc(-c5cc6ccccc6c6ccccc56)cc(-n5c6ccccc6c6ccccc65)c4)n3)cc21. The molecule has 0 fully saturated rings. The normalized spacial score (nSPS) is 13.0. The van der Waals surface area contributed by atoms with E-state index in [1.807, 2.05) is 18.2 Å². The highest BCUT2D eigenvalue weighted by Gasteiger charge is 2.35. The molecule has 60 heavy (non-hydrogen) atoms. The summed E-state index contributed by atoms with van der Waals surface area (Å²) >= 11 is 0. The van der Waals surface area contributed by atoms with Gasteiger partial charge in [0, 0.05) is 38.6 Å². The Kier molecular flexibility index (Phi) is 7.54. The molecular formula is C56H38N4. The number of fused-ring (bicyclic) bond motifs is 9. The molecule has 0 bridgehead atoms. The molecule has 0 atom stereocenters. The molecular weight excluding hydrogens is 729 g/mol. The van der Waals surface area contributed by atoms with E-state index in [0.717, 1.165) is 44.5 Å². The largest absolute Gasteiger partial charge is 0.309 e. The van der Waals surface area contributed by atoms with Crippen molar-refractivity contribution in [3.05, 3.63) is 205 Å². The highest BCUT2D eigenvalue weighted by Crippen LogP contribution is 2.49. The van der Waals surface area contributed by atoms with Crippen LogP contribution < -0.4 is 0 Å². The van der Waals surface area contributed by atoms with Crippen LogP contribution in [0.25, 0.3) is 105 Å². The molecule has 11 aromatic rings. The second-order valence-electron chi connectivity index (χ2n) is 16.4. The zero-order chi connectivity index (χ0) is 40.0. The van der Waals surface area contributed by atoms with Crippen molar-refractivity contribution in [3.8, 4) is 62.1 Å². The third-order valence-electron chi connectivity index (χ3n) is 12.6. The minimum Gasteiger partial charge on any atom is -0.309 e. The molecule has 1 aliphatic carbocycles. The molecule has 0 N–H and O–H groups in total. The summed E-state index contributed by atoms with van der Waals surface area (Å²) < 4.78 is 2.39. The standard InChI is InChI=1S/C56H38N4/c1-56(2)49-25-13-10-22-44(49)45-29-28-37(34-50(45)56)54-57-53(35-16-4-3-5-17-35)58-55(59-54)39-30-38(48-33-36-18-6-7-19-41(36)42-20-8-9-21-43(42)48)31-40(32-39)60-51-26-14-11-23-46(51)47-24-12-15-27-52(47)60/h3-34H,1-2H3. The number of nitrogens with zero attached hydrogens (tertiary/aromatic N) is 4. The Morgan fingerprint density at radius 3 is 1.65 bits per heavy atom. The third-order valence-corrected chi connectivity index (χ3v) is 12.6. The summed E-state index contributed by atoms with van der Waals surface area (Å²) in [6, 6.07) is 69.7. The Morgan fingerprint density at radius 1 is 0.350 bits per heavy atom. The molecule has 12 rings (SSSR count). The van der Waals surface area contributed by atoms with Crippen molar-refractivity contribution in [1.29, 1.82) is 0 Å². The lowest BCUT2D eigenvalue weighted by Gasteiger charge is -2.21. The fraction of sp³-hybridized carbons (Fsp3) is 0.0536. The topological polar surface area (TPSA) is 43.6 Å². The highest BCUT2D eigenvalue weighted by molar-refractivity contribution is 6.14. The Morgan fingerprint density at radius 2 is 0.900 bits per heavy atom. The van der Waals surface area contributed by atoms with Gasteiger partial charge in [0.15, 0.2) is 17.5 Å². The summed E-state index contributed by atoms with van der Waals surface area (Å²) in [7, 11) is 0. The van der Waals surface area contributed by atoms with Crippen molar-refractivity contribution >= 4 is 43.4 Å². The van der Waals surface area contributed by atoms with Gasteiger partial charge in [0.05, 0.1) is 11.0 Å². The van der Waals surface area contributed by atoms with E-state index in [2.05, 4.69) is 194 Å². The van der Waals surface area contributed by atoms with Gasteiger partial charge >= 0.3 is 0 Å². The lowest BCUT2D eigenvalue weighted by molar-refractivity contribution is 0.660. The number of hydrogen-bond donors (Lipinski definition) is 0.